The Morgan fingerprint density at radius 1 is 1.25 bits per heavy atom. The van der Waals surface area contributed by atoms with E-state index in [4.69, 9.17) is 4.74 Å². The van der Waals surface area contributed by atoms with Crippen LogP contribution < -0.4 is 5.32 Å². The largest absolute Gasteiger partial charge is 0.466 e. The number of aromatic nitrogens is 1. The van der Waals surface area contributed by atoms with Crippen molar-refractivity contribution in [1.29, 1.82) is 0 Å². The van der Waals surface area contributed by atoms with Gasteiger partial charge in [0, 0.05) is 5.38 Å². The maximum Gasteiger partial charge on any atom is 0.311 e. The average molecular weight is 401 g/mol. The number of aryl methyl sites for hydroxylation is 1. The predicted octanol–water partition coefficient (Wildman–Crippen LogP) is 4.86. The fourth-order valence-corrected chi connectivity index (χ4v) is 4.48. The van der Waals surface area contributed by atoms with Crippen molar-refractivity contribution in [2.24, 2.45) is 5.92 Å². The molecule has 150 valence electrons. The molecule has 1 aliphatic carbocycles. The van der Waals surface area contributed by atoms with Gasteiger partial charge in [0.25, 0.3) is 0 Å². The van der Waals surface area contributed by atoms with Gasteiger partial charge in [-0.1, -0.05) is 55.5 Å². The van der Waals surface area contributed by atoms with E-state index >= 15 is 0 Å². The summed E-state index contributed by atoms with van der Waals surface area (Å²) in [5, 5.41) is 5.30. The average Bonchev–Trinajstić information content (AvgIpc) is 3.33. The van der Waals surface area contributed by atoms with Crippen molar-refractivity contribution < 1.29 is 14.3 Å². The summed E-state index contributed by atoms with van der Waals surface area (Å²) in [5.74, 6) is 0.103. The molecule has 3 rings (SSSR count). The lowest BCUT2D eigenvalue weighted by Gasteiger charge is -2.20. The Hall–Kier alpha value is -2.21. The maximum absolute atomic E-state index is 13.1. The van der Waals surface area contributed by atoms with E-state index < -0.39 is 0 Å². The predicted molar refractivity (Wildman–Crippen MR) is 112 cm³/mol. The molecule has 0 aliphatic heterocycles. The molecule has 0 spiro atoms. The van der Waals surface area contributed by atoms with Gasteiger partial charge in [-0.15, -0.1) is 11.3 Å². The molecule has 28 heavy (non-hydrogen) atoms. The Kier molecular flexibility index (Phi) is 7.20. The lowest BCUT2D eigenvalue weighted by Crippen LogP contribution is -2.23. The van der Waals surface area contributed by atoms with E-state index in [0.29, 0.717) is 23.4 Å². The van der Waals surface area contributed by atoms with Gasteiger partial charge >= 0.3 is 5.97 Å². The van der Waals surface area contributed by atoms with Crippen LogP contribution in [-0.4, -0.2) is 23.5 Å². The number of carbonyl (C=O) groups excluding carboxylic acids is 2. The SMILES string of the molecule is CCOC(=O)Cc1csc(NC(=O)C(CC2CCCC2)c2ccc(C)cc2)n1. The number of nitrogens with one attached hydrogen (secondary N) is 1. The molecule has 6 heteroatoms. The van der Waals surface area contributed by atoms with E-state index in [9.17, 15) is 9.59 Å². The topological polar surface area (TPSA) is 68.3 Å². The van der Waals surface area contributed by atoms with Crippen LogP contribution in [0.4, 0.5) is 5.13 Å². The molecule has 1 saturated carbocycles. The molecule has 1 unspecified atom stereocenters. The number of ether oxygens (including phenoxy) is 1. The summed E-state index contributed by atoms with van der Waals surface area (Å²) in [4.78, 5) is 29.1. The van der Waals surface area contributed by atoms with Crippen LogP contribution in [0.15, 0.2) is 29.6 Å². The molecular formula is C22H28N2O3S. The van der Waals surface area contributed by atoms with Gasteiger partial charge in [0.05, 0.1) is 24.6 Å². The fourth-order valence-electron chi connectivity index (χ4n) is 3.77. The summed E-state index contributed by atoms with van der Waals surface area (Å²) in [5.41, 5.74) is 2.87. The molecule has 1 fully saturated rings. The van der Waals surface area contributed by atoms with E-state index in [1.165, 1.54) is 42.6 Å². The van der Waals surface area contributed by atoms with E-state index in [2.05, 4.69) is 41.5 Å². The first-order chi connectivity index (χ1) is 13.5. The Morgan fingerprint density at radius 3 is 2.64 bits per heavy atom. The molecule has 0 bridgehead atoms. The summed E-state index contributed by atoms with van der Waals surface area (Å²) < 4.78 is 4.95. The minimum absolute atomic E-state index is 0.0206. The highest BCUT2D eigenvalue weighted by Crippen LogP contribution is 2.35. The van der Waals surface area contributed by atoms with Crippen LogP contribution in [0.1, 0.15) is 61.8 Å². The number of esters is 1. The van der Waals surface area contributed by atoms with Crippen molar-refractivity contribution in [2.45, 2.75) is 58.3 Å². The standard InChI is InChI=1S/C22H28N2O3S/c1-3-27-20(25)13-18-14-28-22(23-18)24-21(26)19(12-16-6-4-5-7-16)17-10-8-15(2)9-11-17/h8-11,14,16,19H,3-7,12-13H2,1-2H3,(H,23,24,26). The molecule has 1 atom stereocenters. The lowest BCUT2D eigenvalue weighted by atomic mass is 9.87. The molecule has 1 aromatic carbocycles. The zero-order chi connectivity index (χ0) is 19.9. The number of thiazole rings is 1. The summed E-state index contributed by atoms with van der Waals surface area (Å²) in [6.45, 7) is 4.18. The number of hydrogen-bond donors (Lipinski definition) is 1. The smallest absolute Gasteiger partial charge is 0.311 e. The first-order valence-corrected chi connectivity index (χ1v) is 10.9. The zero-order valence-corrected chi connectivity index (χ0v) is 17.4. The molecule has 5 nitrogen and oxygen atoms in total. The quantitative estimate of drug-likeness (QED) is 0.643. The third-order valence-corrected chi connectivity index (χ3v) is 6.06. The van der Waals surface area contributed by atoms with Crippen LogP contribution in [0.3, 0.4) is 0 Å². The van der Waals surface area contributed by atoms with Crippen molar-refractivity contribution in [3.63, 3.8) is 0 Å². The molecule has 0 saturated heterocycles. The van der Waals surface area contributed by atoms with Gasteiger partial charge < -0.3 is 10.1 Å². The Balaban J connectivity index is 1.69. The van der Waals surface area contributed by atoms with Gasteiger partial charge in [0.1, 0.15) is 0 Å². The highest BCUT2D eigenvalue weighted by molar-refractivity contribution is 7.13. The van der Waals surface area contributed by atoms with Gasteiger partial charge in [-0.2, -0.15) is 0 Å². The summed E-state index contributed by atoms with van der Waals surface area (Å²) in [6.07, 6.45) is 5.93. The van der Waals surface area contributed by atoms with E-state index in [-0.39, 0.29) is 24.2 Å². The summed E-state index contributed by atoms with van der Waals surface area (Å²) >= 11 is 1.34. The van der Waals surface area contributed by atoms with Crippen LogP contribution in [-0.2, 0) is 20.7 Å². The van der Waals surface area contributed by atoms with Crippen LogP contribution >= 0.6 is 11.3 Å². The molecule has 0 radical (unpaired) electrons. The minimum Gasteiger partial charge on any atom is -0.466 e. The molecule has 1 aromatic heterocycles. The van der Waals surface area contributed by atoms with E-state index in [1.54, 1.807) is 12.3 Å². The van der Waals surface area contributed by atoms with E-state index in [0.717, 1.165) is 12.0 Å². The van der Waals surface area contributed by atoms with Crippen molar-refractivity contribution in [3.05, 3.63) is 46.5 Å². The van der Waals surface area contributed by atoms with Crippen LogP contribution in [0, 0.1) is 12.8 Å². The van der Waals surface area contributed by atoms with Crippen molar-refractivity contribution in [2.75, 3.05) is 11.9 Å². The number of benzene rings is 1. The number of nitrogens with zero attached hydrogens (tertiary/aromatic N) is 1. The highest BCUT2D eigenvalue weighted by atomic mass is 32.1. The molecule has 1 N–H and O–H groups in total. The highest BCUT2D eigenvalue weighted by Gasteiger charge is 2.27. The van der Waals surface area contributed by atoms with Gasteiger partial charge in [0.15, 0.2) is 5.13 Å². The molecule has 1 amide bonds. The fraction of sp³-hybridized carbons (Fsp3) is 0.500. The molecule has 2 aromatic rings. The Labute approximate surface area is 170 Å². The van der Waals surface area contributed by atoms with Gasteiger partial charge in [-0.3, -0.25) is 9.59 Å². The van der Waals surface area contributed by atoms with Crippen LogP contribution in [0.25, 0.3) is 0 Å². The van der Waals surface area contributed by atoms with Gasteiger partial charge in [-0.05, 0) is 31.7 Å². The number of hydrogen-bond acceptors (Lipinski definition) is 5. The van der Waals surface area contributed by atoms with Gasteiger partial charge in [-0.25, -0.2) is 4.98 Å². The minimum atomic E-state index is -0.301. The normalized spacial score (nSPS) is 15.4. The van der Waals surface area contributed by atoms with Gasteiger partial charge in [0.2, 0.25) is 5.91 Å². The molecule has 1 aliphatic rings. The van der Waals surface area contributed by atoms with Crippen LogP contribution in [0.5, 0.6) is 0 Å². The summed E-state index contributed by atoms with van der Waals surface area (Å²) in [7, 11) is 0. The first-order valence-electron chi connectivity index (χ1n) is 10.0. The number of carbonyl (C=O) groups is 2. The third kappa shape index (κ3) is 5.64. The third-order valence-electron chi connectivity index (χ3n) is 5.25. The Morgan fingerprint density at radius 2 is 1.96 bits per heavy atom. The van der Waals surface area contributed by atoms with E-state index in [1.807, 2.05) is 0 Å². The monoisotopic (exact) mass is 400 g/mol. The van der Waals surface area contributed by atoms with Crippen molar-refractivity contribution in [3.8, 4) is 0 Å². The second-order valence-corrected chi connectivity index (χ2v) is 8.32. The summed E-state index contributed by atoms with van der Waals surface area (Å²) in [6, 6.07) is 8.24. The maximum atomic E-state index is 13.1. The number of rotatable bonds is 8. The molecule has 1 heterocycles. The number of anilines is 1. The second-order valence-electron chi connectivity index (χ2n) is 7.46. The Bertz CT molecular complexity index is 794. The van der Waals surface area contributed by atoms with Crippen molar-refractivity contribution in [1.82, 2.24) is 4.98 Å². The lowest BCUT2D eigenvalue weighted by molar-refractivity contribution is -0.142. The molecular weight excluding hydrogens is 372 g/mol. The number of amides is 1. The second kappa shape index (κ2) is 9.82. The van der Waals surface area contributed by atoms with Crippen LogP contribution in [0.2, 0.25) is 0 Å². The first kappa shape index (κ1) is 20.5. The van der Waals surface area contributed by atoms with Crippen molar-refractivity contribution >= 4 is 28.3 Å². The zero-order valence-electron chi connectivity index (χ0n) is 16.6.